The lowest BCUT2D eigenvalue weighted by atomic mass is 10.1. The van der Waals surface area contributed by atoms with Crippen LogP contribution < -0.4 is 4.90 Å². The summed E-state index contributed by atoms with van der Waals surface area (Å²) in [4.78, 5) is 16.3. The highest BCUT2D eigenvalue weighted by atomic mass is 79.9. The number of anilines is 1. The van der Waals surface area contributed by atoms with Gasteiger partial charge in [-0.15, -0.1) is 0 Å². The molecule has 2 aliphatic rings. The van der Waals surface area contributed by atoms with Crippen LogP contribution >= 0.6 is 15.9 Å². The number of halogens is 1. The Morgan fingerprint density at radius 3 is 2.40 bits per heavy atom. The van der Waals surface area contributed by atoms with Crippen LogP contribution in [0, 0.1) is 0 Å². The average molecular weight is 492 g/mol. The summed E-state index contributed by atoms with van der Waals surface area (Å²) in [5, 5.41) is 0. The van der Waals surface area contributed by atoms with Crippen molar-refractivity contribution >= 4 is 37.5 Å². The van der Waals surface area contributed by atoms with Crippen LogP contribution in [0.3, 0.4) is 0 Å². The highest BCUT2D eigenvalue weighted by molar-refractivity contribution is 9.10. The maximum atomic E-state index is 13.4. The van der Waals surface area contributed by atoms with E-state index < -0.39 is 10.0 Å². The van der Waals surface area contributed by atoms with E-state index in [0.29, 0.717) is 36.3 Å². The van der Waals surface area contributed by atoms with E-state index in [2.05, 4.69) is 33.0 Å². The Morgan fingerprint density at radius 2 is 1.77 bits per heavy atom. The zero-order chi connectivity index (χ0) is 21.5. The van der Waals surface area contributed by atoms with Gasteiger partial charge in [-0.3, -0.25) is 9.69 Å². The summed E-state index contributed by atoms with van der Waals surface area (Å²) >= 11 is 3.47. The van der Waals surface area contributed by atoms with Gasteiger partial charge in [-0.05, 0) is 52.5 Å². The predicted molar refractivity (Wildman–Crippen MR) is 121 cm³/mol. The van der Waals surface area contributed by atoms with Gasteiger partial charge in [0.05, 0.1) is 4.90 Å². The minimum atomic E-state index is -3.66. The van der Waals surface area contributed by atoms with Crippen LogP contribution in [0.15, 0.2) is 51.8 Å². The van der Waals surface area contributed by atoms with E-state index in [9.17, 15) is 13.2 Å². The Balaban J connectivity index is 1.53. The van der Waals surface area contributed by atoms with E-state index in [1.165, 1.54) is 12.5 Å². The van der Waals surface area contributed by atoms with Crippen molar-refractivity contribution in [1.29, 1.82) is 0 Å². The van der Waals surface area contributed by atoms with Crippen molar-refractivity contribution in [2.75, 3.05) is 31.1 Å². The van der Waals surface area contributed by atoms with Gasteiger partial charge in [-0.25, -0.2) is 8.42 Å². The predicted octanol–water partition coefficient (Wildman–Crippen LogP) is 3.25. The van der Waals surface area contributed by atoms with Crippen molar-refractivity contribution in [1.82, 2.24) is 9.21 Å². The molecule has 30 heavy (non-hydrogen) atoms. The van der Waals surface area contributed by atoms with E-state index in [0.717, 1.165) is 18.5 Å². The summed E-state index contributed by atoms with van der Waals surface area (Å²) in [5.41, 5.74) is 2.93. The lowest BCUT2D eigenvalue weighted by Crippen LogP contribution is -2.48. The number of amides is 1. The van der Waals surface area contributed by atoms with Gasteiger partial charge in [0.2, 0.25) is 15.9 Å². The van der Waals surface area contributed by atoms with Crippen LogP contribution in [0.25, 0.3) is 0 Å². The van der Waals surface area contributed by atoms with Gasteiger partial charge < -0.3 is 4.90 Å². The number of benzene rings is 2. The maximum absolute atomic E-state index is 13.4. The minimum absolute atomic E-state index is 0.0314. The normalized spacial score (nSPS) is 20.4. The third-order valence-electron chi connectivity index (χ3n) is 5.89. The van der Waals surface area contributed by atoms with Crippen LogP contribution in [0.5, 0.6) is 0 Å². The van der Waals surface area contributed by atoms with E-state index in [-0.39, 0.29) is 16.8 Å². The summed E-state index contributed by atoms with van der Waals surface area (Å²) in [6, 6.07) is 13.8. The second-order valence-corrected chi connectivity index (χ2v) is 10.8. The molecule has 1 unspecified atom stereocenters. The van der Waals surface area contributed by atoms with Crippen molar-refractivity contribution in [2.24, 2.45) is 0 Å². The molecule has 1 amide bonds. The molecule has 1 fully saturated rings. The first kappa shape index (κ1) is 21.5. The minimum Gasteiger partial charge on any atom is -0.309 e. The summed E-state index contributed by atoms with van der Waals surface area (Å²) in [6.45, 7) is 6.60. The zero-order valence-corrected chi connectivity index (χ0v) is 19.6. The molecular formula is C22H26BrN3O3S. The largest absolute Gasteiger partial charge is 0.309 e. The number of hydrogen-bond acceptors (Lipinski definition) is 4. The van der Waals surface area contributed by atoms with E-state index in [1.807, 2.05) is 31.2 Å². The van der Waals surface area contributed by atoms with Gasteiger partial charge in [0, 0.05) is 55.8 Å². The fourth-order valence-corrected chi connectivity index (χ4v) is 6.90. The Bertz CT molecular complexity index is 1050. The molecule has 1 atom stereocenters. The molecule has 0 bridgehead atoms. The number of piperazine rings is 1. The Labute approximate surface area is 186 Å². The van der Waals surface area contributed by atoms with Crippen molar-refractivity contribution in [3.05, 3.63) is 58.1 Å². The lowest BCUT2D eigenvalue weighted by Gasteiger charge is -2.34. The first-order chi connectivity index (χ1) is 14.3. The molecule has 0 N–H and O–H groups in total. The molecule has 0 spiro atoms. The summed E-state index contributed by atoms with van der Waals surface area (Å²) < 4.78 is 28.9. The van der Waals surface area contributed by atoms with Crippen LogP contribution in [0.2, 0.25) is 0 Å². The fraction of sp³-hybridized carbons (Fsp3) is 0.409. The van der Waals surface area contributed by atoms with E-state index >= 15 is 0 Å². The third kappa shape index (κ3) is 4.06. The van der Waals surface area contributed by atoms with Gasteiger partial charge in [0.15, 0.2) is 0 Å². The molecule has 2 aromatic rings. The zero-order valence-electron chi connectivity index (χ0n) is 17.2. The molecule has 2 aliphatic heterocycles. The topological polar surface area (TPSA) is 60.9 Å². The van der Waals surface area contributed by atoms with Gasteiger partial charge in [0.1, 0.15) is 0 Å². The van der Waals surface area contributed by atoms with E-state index in [4.69, 9.17) is 0 Å². The van der Waals surface area contributed by atoms with E-state index in [1.54, 1.807) is 15.3 Å². The quantitative estimate of drug-likeness (QED) is 0.658. The molecule has 8 heteroatoms. The van der Waals surface area contributed by atoms with Crippen LogP contribution in [-0.4, -0.2) is 55.8 Å². The second-order valence-electron chi connectivity index (χ2n) is 8.02. The Morgan fingerprint density at radius 1 is 1.10 bits per heavy atom. The summed E-state index contributed by atoms with van der Waals surface area (Å²) in [7, 11) is -3.66. The van der Waals surface area contributed by atoms with Crippen LogP contribution in [0.4, 0.5) is 5.69 Å². The lowest BCUT2D eigenvalue weighted by molar-refractivity contribution is -0.116. The van der Waals surface area contributed by atoms with Gasteiger partial charge in [0.25, 0.3) is 0 Å². The molecule has 0 radical (unpaired) electrons. The molecule has 6 nitrogen and oxygen atoms in total. The number of nitrogens with zero attached hydrogens (tertiary/aromatic N) is 3. The second kappa shape index (κ2) is 8.42. The summed E-state index contributed by atoms with van der Waals surface area (Å²) in [6.07, 6.45) is 0.728. The molecular weight excluding hydrogens is 466 g/mol. The molecule has 2 heterocycles. The van der Waals surface area contributed by atoms with Crippen molar-refractivity contribution in [3.63, 3.8) is 0 Å². The number of fused-ring (bicyclic) bond motifs is 1. The van der Waals surface area contributed by atoms with Gasteiger partial charge >= 0.3 is 0 Å². The smallest absolute Gasteiger partial charge is 0.244 e. The SMILES string of the molecule is CC(=O)N1c2cc(S(=O)(=O)N3CCN(Cc4ccccc4)CC3)c(Br)cc2CC1C. The first-order valence-electron chi connectivity index (χ1n) is 10.2. The number of sulfonamides is 1. The number of rotatable bonds is 4. The van der Waals surface area contributed by atoms with Crippen LogP contribution in [-0.2, 0) is 27.8 Å². The molecule has 0 saturated carbocycles. The van der Waals surface area contributed by atoms with Crippen LogP contribution in [0.1, 0.15) is 25.0 Å². The Kier molecular flexibility index (Phi) is 6.03. The molecule has 0 aromatic heterocycles. The number of hydrogen-bond donors (Lipinski definition) is 0. The molecule has 160 valence electrons. The summed E-state index contributed by atoms with van der Waals surface area (Å²) in [5.74, 6) is -0.0681. The van der Waals surface area contributed by atoms with Crippen molar-refractivity contribution in [2.45, 2.75) is 37.8 Å². The highest BCUT2D eigenvalue weighted by Crippen LogP contribution is 2.39. The number of carbonyl (C=O) groups is 1. The molecule has 4 rings (SSSR count). The van der Waals surface area contributed by atoms with Crippen molar-refractivity contribution < 1.29 is 13.2 Å². The highest BCUT2D eigenvalue weighted by Gasteiger charge is 2.35. The fourth-order valence-electron chi connectivity index (χ4n) is 4.40. The molecule has 1 saturated heterocycles. The molecule has 2 aromatic carbocycles. The third-order valence-corrected chi connectivity index (χ3v) is 8.74. The molecule has 0 aliphatic carbocycles. The average Bonchev–Trinajstić information content (AvgIpc) is 3.03. The monoisotopic (exact) mass is 491 g/mol. The van der Waals surface area contributed by atoms with Gasteiger partial charge in [-0.1, -0.05) is 30.3 Å². The van der Waals surface area contributed by atoms with Crippen molar-refractivity contribution in [3.8, 4) is 0 Å². The number of carbonyl (C=O) groups excluding carboxylic acids is 1. The van der Waals surface area contributed by atoms with Gasteiger partial charge in [-0.2, -0.15) is 4.31 Å². The maximum Gasteiger partial charge on any atom is 0.244 e. The standard InChI is InChI=1S/C22H26BrN3O3S/c1-16-12-19-13-20(23)22(14-21(19)26(16)17(2)27)30(28,29)25-10-8-24(9-11-25)15-18-6-4-3-5-7-18/h3-7,13-14,16H,8-12,15H2,1-2H3. The first-order valence-corrected chi connectivity index (χ1v) is 12.4. The Hall–Kier alpha value is -1.74.